The van der Waals surface area contributed by atoms with Crippen LogP contribution in [0.15, 0.2) is 18.2 Å². The van der Waals surface area contributed by atoms with Crippen molar-refractivity contribution in [1.29, 1.82) is 0 Å². The summed E-state index contributed by atoms with van der Waals surface area (Å²) in [6.45, 7) is 8.46. The van der Waals surface area contributed by atoms with E-state index < -0.39 is 0 Å². The average molecular weight is 412 g/mol. The summed E-state index contributed by atoms with van der Waals surface area (Å²) in [7, 11) is 0. The summed E-state index contributed by atoms with van der Waals surface area (Å²) in [5.41, 5.74) is 16.5. The number of likely N-dealkylation sites (tertiary alicyclic amines) is 1. The molecule has 30 heavy (non-hydrogen) atoms. The van der Waals surface area contributed by atoms with Gasteiger partial charge in [0.15, 0.2) is 0 Å². The molecule has 1 fully saturated rings. The molecule has 0 unspecified atom stereocenters. The number of nitrogens with two attached hydrogens (primary N) is 2. The predicted octanol–water partition coefficient (Wildman–Crippen LogP) is 4.14. The van der Waals surface area contributed by atoms with Gasteiger partial charge in [-0.3, -0.25) is 4.90 Å². The maximum Gasteiger partial charge on any atom is 0.222 e. The number of hydrogen-bond donors (Lipinski definition) is 2. The van der Waals surface area contributed by atoms with Gasteiger partial charge >= 0.3 is 0 Å². The van der Waals surface area contributed by atoms with Gasteiger partial charge in [-0.25, -0.2) is 4.98 Å². The van der Waals surface area contributed by atoms with Crippen LogP contribution in [0.25, 0.3) is 0 Å². The highest BCUT2D eigenvalue weighted by atomic mass is 16.5. The van der Waals surface area contributed by atoms with Crippen molar-refractivity contribution in [2.24, 2.45) is 0 Å². The molecule has 6 heteroatoms. The lowest BCUT2D eigenvalue weighted by molar-refractivity contribution is 0.183. The minimum absolute atomic E-state index is 0.261. The van der Waals surface area contributed by atoms with Gasteiger partial charge in [-0.2, -0.15) is 4.98 Å². The fourth-order valence-electron chi connectivity index (χ4n) is 4.13. The Labute approximate surface area is 181 Å². The van der Waals surface area contributed by atoms with Gasteiger partial charge in [0.1, 0.15) is 18.2 Å². The van der Waals surface area contributed by atoms with Crippen LogP contribution in [0.4, 0.5) is 11.8 Å². The van der Waals surface area contributed by atoms with E-state index in [2.05, 4.69) is 46.9 Å². The first-order valence-corrected chi connectivity index (χ1v) is 11.4. The number of unbranched alkanes of at least 4 members (excludes halogenated alkanes) is 2. The molecular formula is C24H37N5O. The third kappa shape index (κ3) is 6.33. The number of nitrogen functional groups attached to an aromatic ring is 2. The van der Waals surface area contributed by atoms with Crippen molar-refractivity contribution >= 4 is 11.8 Å². The minimum Gasteiger partial charge on any atom is -0.492 e. The van der Waals surface area contributed by atoms with Crippen LogP contribution in [0, 0.1) is 6.92 Å². The van der Waals surface area contributed by atoms with E-state index in [9.17, 15) is 0 Å². The number of rotatable bonds is 10. The van der Waals surface area contributed by atoms with E-state index in [-0.39, 0.29) is 5.95 Å². The molecule has 3 rings (SSSR count). The minimum atomic E-state index is 0.261. The van der Waals surface area contributed by atoms with Crippen LogP contribution in [0.1, 0.15) is 67.8 Å². The summed E-state index contributed by atoms with van der Waals surface area (Å²) in [6.07, 6.45) is 9.02. The molecule has 1 aliphatic heterocycles. The molecule has 1 saturated heterocycles. The number of aryl methyl sites for hydroxylation is 2. The molecule has 164 valence electrons. The molecule has 0 amide bonds. The van der Waals surface area contributed by atoms with Crippen LogP contribution in [0.5, 0.6) is 5.75 Å². The molecule has 2 aromatic rings. The molecule has 1 aromatic carbocycles. The smallest absolute Gasteiger partial charge is 0.222 e. The lowest BCUT2D eigenvalue weighted by Gasteiger charge is -2.26. The Kier molecular flexibility index (Phi) is 8.31. The second kappa shape index (κ2) is 11.2. The van der Waals surface area contributed by atoms with E-state index >= 15 is 0 Å². The van der Waals surface area contributed by atoms with Gasteiger partial charge in [-0.15, -0.1) is 0 Å². The second-order valence-electron chi connectivity index (χ2n) is 8.37. The standard InChI is InChI=1S/C24H37N5O/c1-3-4-6-9-22-21(23(25)28-24(26)27-22)17-19-10-11-20(16-18(19)2)30-15-14-29-12-7-5-8-13-29/h10-11,16H,3-9,12-15,17H2,1-2H3,(H4,25,26,27,28). The molecule has 0 spiro atoms. The molecule has 2 heterocycles. The van der Waals surface area contributed by atoms with E-state index in [0.717, 1.165) is 43.0 Å². The molecular weight excluding hydrogens is 374 g/mol. The summed E-state index contributed by atoms with van der Waals surface area (Å²) in [4.78, 5) is 11.2. The van der Waals surface area contributed by atoms with Gasteiger partial charge in [-0.1, -0.05) is 32.3 Å². The van der Waals surface area contributed by atoms with Crippen molar-refractivity contribution < 1.29 is 4.74 Å². The zero-order valence-electron chi connectivity index (χ0n) is 18.6. The first-order valence-electron chi connectivity index (χ1n) is 11.4. The van der Waals surface area contributed by atoms with Gasteiger partial charge in [-0.05, 0) is 69.0 Å². The Morgan fingerprint density at radius 1 is 1.07 bits per heavy atom. The van der Waals surface area contributed by atoms with Gasteiger partial charge in [0.2, 0.25) is 5.95 Å². The zero-order valence-corrected chi connectivity index (χ0v) is 18.6. The molecule has 0 atom stereocenters. The number of nitrogens with zero attached hydrogens (tertiary/aromatic N) is 3. The maximum absolute atomic E-state index is 6.23. The van der Waals surface area contributed by atoms with Crippen LogP contribution in [-0.4, -0.2) is 41.1 Å². The summed E-state index contributed by atoms with van der Waals surface area (Å²) < 4.78 is 6.02. The summed E-state index contributed by atoms with van der Waals surface area (Å²) in [6, 6.07) is 6.32. The molecule has 1 aromatic heterocycles. The number of ether oxygens (including phenoxy) is 1. The second-order valence-corrected chi connectivity index (χ2v) is 8.37. The number of piperidine rings is 1. The fourth-order valence-corrected chi connectivity index (χ4v) is 4.13. The summed E-state index contributed by atoms with van der Waals surface area (Å²) >= 11 is 0. The Balaban J connectivity index is 1.64. The highest BCUT2D eigenvalue weighted by molar-refractivity contribution is 5.50. The summed E-state index contributed by atoms with van der Waals surface area (Å²) in [5, 5.41) is 0. The molecule has 0 saturated carbocycles. The third-order valence-corrected chi connectivity index (χ3v) is 5.97. The molecule has 1 aliphatic rings. The fraction of sp³-hybridized carbons (Fsp3) is 0.583. The van der Waals surface area contributed by atoms with E-state index in [0.29, 0.717) is 12.2 Å². The van der Waals surface area contributed by atoms with Crippen molar-refractivity contribution in [2.75, 3.05) is 37.7 Å². The highest BCUT2D eigenvalue weighted by Crippen LogP contribution is 2.25. The third-order valence-electron chi connectivity index (χ3n) is 5.97. The van der Waals surface area contributed by atoms with Gasteiger partial charge in [0.25, 0.3) is 0 Å². The topological polar surface area (TPSA) is 90.3 Å². The van der Waals surface area contributed by atoms with Crippen LogP contribution < -0.4 is 16.2 Å². The quantitative estimate of drug-likeness (QED) is 0.571. The van der Waals surface area contributed by atoms with Crippen molar-refractivity contribution in [3.8, 4) is 5.75 Å². The number of aromatic nitrogens is 2. The molecule has 6 nitrogen and oxygen atoms in total. The average Bonchev–Trinajstić information content (AvgIpc) is 2.73. The Hall–Kier alpha value is -2.34. The Bertz CT molecular complexity index is 817. The van der Waals surface area contributed by atoms with E-state index in [1.807, 2.05) is 0 Å². The molecule has 0 aliphatic carbocycles. The van der Waals surface area contributed by atoms with E-state index in [1.165, 1.54) is 56.3 Å². The van der Waals surface area contributed by atoms with Crippen LogP contribution in [-0.2, 0) is 12.8 Å². The van der Waals surface area contributed by atoms with Crippen molar-refractivity contribution in [3.63, 3.8) is 0 Å². The summed E-state index contributed by atoms with van der Waals surface area (Å²) in [5.74, 6) is 1.69. The normalized spacial score (nSPS) is 14.7. The monoisotopic (exact) mass is 411 g/mol. The van der Waals surface area contributed by atoms with E-state index in [1.54, 1.807) is 0 Å². The largest absolute Gasteiger partial charge is 0.492 e. The molecule has 4 N–H and O–H groups in total. The number of hydrogen-bond acceptors (Lipinski definition) is 6. The van der Waals surface area contributed by atoms with Crippen molar-refractivity contribution in [3.05, 3.63) is 40.6 Å². The number of benzene rings is 1. The molecule has 0 radical (unpaired) electrons. The molecule has 0 bridgehead atoms. The number of anilines is 2. The zero-order chi connectivity index (χ0) is 21.3. The SMILES string of the molecule is CCCCCc1nc(N)nc(N)c1Cc1ccc(OCCN2CCCCC2)cc1C. The Morgan fingerprint density at radius 3 is 2.60 bits per heavy atom. The highest BCUT2D eigenvalue weighted by Gasteiger charge is 2.14. The van der Waals surface area contributed by atoms with Gasteiger partial charge < -0.3 is 16.2 Å². The first-order chi connectivity index (χ1) is 14.6. The lowest BCUT2D eigenvalue weighted by Crippen LogP contribution is -2.33. The van der Waals surface area contributed by atoms with Crippen LogP contribution in [0.3, 0.4) is 0 Å². The van der Waals surface area contributed by atoms with Gasteiger partial charge in [0.05, 0.1) is 5.69 Å². The first kappa shape index (κ1) is 22.3. The Morgan fingerprint density at radius 2 is 1.87 bits per heavy atom. The van der Waals surface area contributed by atoms with E-state index in [4.69, 9.17) is 16.2 Å². The lowest BCUT2D eigenvalue weighted by atomic mass is 9.97. The van der Waals surface area contributed by atoms with Crippen molar-refractivity contribution in [2.45, 2.75) is 65.2 Å². The van der Waals surface area contributed by atoms with Crippen LogP contribution >= 0.6 is 0 Å². The maximum atomic E-state index is 6.23. The van der Waals surface area contributed by atoms with Gasteiger partial charge in [0, 0.05) is 18.5 Å². The van der Waals surface area contributed by atoms with Crippen LogP contribution in [0.2, 0.25) is 0 Å². The van der Waals surface area contributed by atoms with Crippen molar-refractivity contribution in [1.82, 2.24) is 14.9 Å². The predicted molar refractivity (Wildman–Crippen MR) is 124 cm³/mol.